The first kappa shape index (κ1) is 25.1. The standard InChI is InChI=1S/C32H30N4O2/c1-20(2)17-36-32(38)24-8-6-22(7-9-24)25-15-28-29(35-18-25)13-11-23-10-12-26(16-27(23)31(28)37)34-19-30-21(3)5-4-14-33-30/h4-16,18,20,34H,17,19H2,1-3H3,(H,36,38). The van der Waals surface area contributed by atoms with E-state index in [0.717, 1.165) is 33.5 Å². The second-order valence-corrected chi connectivity index (χ2v) is 9.92. The van der Waals surface area contributed by atoms with Crippen molar-refractivity contribution in [1.29, 1.82) is 0 Å². The summed E-state index contributed by atoms with van der Waals surface area (Å²) in [6.07, 6.45) is 3.55. The third-order valence-electron chi connectivity index (χ3n) is 6.61. The molecule has 0 radical (unpaired) electrons. The van der Waals surface area contributed by atoms with E-state index in [0.29, 0.717) is 40.9 Å². The molecule has 1 amide bonds. The summed E-state index contributed by atoms with van der Waals surface area (Å²) in [5, 5.41) is 8.36. The van der Waals surface area contributed by atoms with Crippen molar-refractivity contribution in [2.75, 3.05) is 11.9 Å². The van der Waals surface area contributed by atoms with E-state index in [2.05, 4.69) is 34.4 Å². The average molecular weight is 503 g/mol. The molecule has 0 spiro atoms. The van der Waals surface area contributed by atoms with Gasteiger partial charge in [0.25, 0.3) is 5.91 Å². The number of aryl methyl sites for hydroxylation is 1. The number of hydrogen-bond donors (Lipinski definition) is 2. The molecule has 0 saturated carbocycles. The highest BCUT2D eigenvalue weighted by Crippen LogP contribution is 2.24. The van der Waals surface area contributed by atoms with Gasteiger partial charge in [-0.2, -0.15) is 0 Å². The third kappa shape index (κ3) is 5.39. The van der Waals surface area contributed by atoms with Crippen LogP contribution in [0, 0.1) is 12.8 Å². The average Bonchev–Trinajstić information content (AvgIpc) is 3.07. The second kappa shape index (κ2) is 10.8. The Morgan fingerprint density at radius 3 is 2.45 bits per heavy atom. The minimum Gasteiger partial charge on any atom is -0.379 e. The smallest absolute Gasteiger partial charge is 0.251 e. The summed E-state index contributed by atoms with van der Waals surface area (Å²) < 4.78 is 0. The number of anilines is 1. The quantitative estimate of drug-likeness (QED) is 0.280. The van der Waals surface area contributed by atoms with E-state index < -0.39 is 0 Å². The lowest BCUT2D eigenvalue weighted by atomic mass is 10.0. The number of nitrogens with zero attached hydrogens (tertiary/aromatic N) is 2. The van der Waals surface area contributed by atoms with Crippen LogP contribution in [0.3, 0.4) is 0 Å². The van der Waals surface area contributed by atoms with Crippen molar-refractivity contribution >= 4 is 33.3 Å². The predicted octanol–water partition coefficient (Wildman–Crippen LogP) is 6.12. The van der Waals surface area contributed by atoms with Gasteiger partial charge in [0.1, 0.15) is 0 Å². The normalized spacial score (nSPS) is 11.2. The third-order valence-corrected chi connectivity index (χ3v) is 6.61. The van der Waals surface area contributed by atoms with Gasteiger partial charge in [-0.1, -0.05) is 44.2 Å². The predicted molar refractivity (Wildman–Crippen MR) is 154 cm³/mol. The van der Waals surface area contributed by atoms with Gasteiger partial charge in [0.15, 0.2) is 5.43 Å². The fraction of sp³-hybridized carbons (Fsp3) is 0.188. The lowest BCUT2D eigenvalue weighted by molar-refractivity contribution is 0.0949. The molecule has 5 rings (SSSR count). The molecular weight excluding hydrogens is 472 g/mol. The zero-order valence-electron chi connectivity index (χ0n) is 21.8. The number of carbonyl (C=O) groups is 1. The first-order valence-corrected chi connectivity index (χ1v) is 12.8. The van der Waals surface area contributed by atoms with Crippen LogP contribution in [0.5, 0.6) is 0 Å². The molecule has 2 N–H and O–H groups in total. The molecule has 5 aromatic rings. The highest BCUT2D eigenvalue weighted by atomic mass is 16.1. The van der Waals surface area contributed by atoms with Crippen LogP contribution in [0.15, 0.2) is 90.0 Å². The van der Waals surface area contributed by atoms with Gasteiger partial charge in [-0.05, 0) is 71.8 Å². The van der Waals surface area contributed by atoms with Gasteiger partial charge in [-0.25, -0.2) is 0 Å². The fourth-order valence-electron chi connectivity index (χ4n) is 4.37. The van der Waals surface area contributed by atoms with Crippen molar-refractivity contribution in [1.82, 2.24) is 15.3 Å². The maximum Gasteiger partial charge on any atom is 0.251 e. The lowest BCUT2D eigenvalue weighted by Crippen LogP contribution is -2.27. The molecule has 0 unspecified atom stereocenters. The van der Waals surface area contributed by atoms with E-state index in [1.165, 1.54) is 0 Å². The maximum absolute atomic E-state index is 13.7. The number of amides is 1. The SMILES string of the molecule is Cc1cccnc1CNc1ccc2ccc3ncc(-c4ccc(C(=O)NCC(C)C)cc4)cc3c(=O)c2c1. The summed E-state index contributed by atoms with van der Waals surface area (Å²) >= 11 is 0. The van der Waals surface area contributed by atoms with Crippen molar-refractivity contribution in [3.63, 3.8) is 0 Å². The Hall–Kier alpha value is -4.58. The topological polar surface area (TPSA) is 84.0 Å². The number of nitrogens with one attached hydrogen (secondary N) is 2. The molecule has 2 heterocycles. The van der Waals surface area contributed by atoms with Crippen molar-refractivity contribution in [3.05, 3.63) is 112 Å². The van der Waals surface area contributed by atoms with E-state index in [1.54, 1.807) is 24.5 Å². The molecule has 0 saturated heterocycles. The lowest BCUT2D eigenvalue weighted by Gasteiger charge is -2.08. The highest BCUT2D eigenvalue weighted by molar-refractivity contribution is 5.96. The van der Waals surface area contributed by atoms with Gasteiger partial charge in [0.2, 0.25) is 0 Å². The summed E-state index contributed by atoms with van der Waals surface area (Å²) in [5.41, 5.74) is 5.82. The van der Waals surface area contributed by atoms with Gasteiger partial charge in [-0.15, -0.1) is 0 Å². The largest absolute Gasteiger partial charge is 0.379 e. The van der Waals surface area contributed by atoms with Crippen LogP contribution in [0.4, 0.5) is 5.69 Å². The molecule has 0 aliphatic rings. The van der Waals surface area contributed by atoms with E-state index in [1.807, 2.05) is 67.6 Å². The molecule has 0 fully saturated rings. The summed E-state index contributed by atoms with van der Waals surface area (Å²) in [6.45, 7) is 7.36. The van der Waals surface area contributed by atoms with Gasteiger partial charge in [0, 0.05) is 46.5 Å². The Balaban J connectivity index is 1.47. The Morgan fingerprint density at radius 1 is 0.895 bits per heavy atom. The molecule has 3 aromatic carbocycles. The summed E-state index contributed by atoms with van der Waals surface area (Å²) in [4.78, 5) is 35.1. The van der Waals surface area contributed by atoms with Crippen LogP contribution in [0.25, 0.3) is 32.8 Å². The number of pyridine rings is 2. The van der Waals surface area contributed by atoms with Gasteiger partial charge >= 0.3 is 0 Å². The van der Waals surface area contributed by atoms with Crippen LogP contribution in [0.2, 0.25) is 0 Å². The molecular formula is C32H30N4O2. The van der Waals surface area contributed by atoms with Crippen molar-refractivity contribution in [2.24, 2.45) is 5.92 Å². The minimum absolute atomic E-state index is 0.0725. The minimum atomic E-state index is -0.0927. The number of fused-ring (bicyclic) bond motifs is 2. The van der Waals surface area contributed by atoms with Crippen molar-refractivity contribution < 1.29 is 4.79 Å². The molecule has 38 heavy (non-hydrogen) atoms. The number of rotatable bonds is 7. The van der Waals surface area contributed by atoms with Crippen molar-refractivity contribution in [3.8, 4) is 11.1 Å². The Bertz CT molecular complexity index is 1700. The van der Waals surface area contributed by atoms with E-state index in [-0.39, 0.29) is 11.3 Å². The molecule has 0 bridgehead atoms. The molecule has 6 nitrogen and oxygen atoms in total. The van der Waals surface area contributed by atoms with Crippen LogP contribution in [-0.4, -0.2) is 22.4 Å². The maximum atomic E-state index is 13.7. The van der Waals surface area contributed by atoms with Crippen LogP contribution in [-0.2, 0) is 6.54 Å². The number of aromatic nitrogens is 2. The van der Waals surface area contributed by atoms with Gasteiger partial charge in [-0.3, -0.25) is 19.6 Å². The Labute approximate surface area is 221 Å². The van der Waals surface area contributed by atoms with E-state index >= 15 is 0 Å². The highest BCUT2D eigenvalue weighted by Gasteiger charge is 2.10. The van der Waals surface area contributed by atoms with Crippen LogP contribution >= 0.6 is 0 Å². The number of benzene rings is 2. The van der Waals surface area contributed by atoms with Gasteiger partial charge in [0.05, 0.1) is 17.8 Å². The van der Waals surface area contributed by atoms with Crippen LogP contribution < -0.4 is 16.1 Å². The second-order valence-electron chi connectivity index (χ2n) is 9.92. The number of hydrogen-bond acceptors (Lipinski definition) is 5. The Morgan fingerprint density at radius 2 is 1.68 bits per heavy atom. The first-order valence-electron chi connectivity index (χ1n) is 12.8. The summed E-state index contributed by atoms with van der Waals surface area (Å²) in [6, 6.07) is 22.9. The fourth-order valence-corrected chi connectivity index (χ4v) is 4.37. The van der Waals surface area contributed by atoms with Crippen molar-refractivity contribution in [2.45, 2.75) is 27.3 Å². The summed E-state index contributed by atoms with van der Waals surface area (Å²) in [7, 11) is 0. The molecule has 190 valence electrons. The molecule has 0 atom stereocenters. The van der Waals surface area contributed by atoms with E-state index in [4.69, 9.17) is 0 Å². The monoisotopic (exact) mass is 502 g/mol. The first-order chi connectivity index (χ1) is 18.4. The van der Waals surface area contributed by atoms with Crippen LogP contribution in [0.1, 0.15) is 35.5 Å². The zero-order valence-corrected chi connectivity index (χ0v) is 21.8. The Kier molecular flexibility index (Phi) is 7.13. The molecule has 0 aliphatic heterocycles. The molecule has 2 aromatic heterocycles. The molecule has 6 heteroatoms. The molecule has 0 aliphatic carbocycles. The van der Waals surface area contributed by atoms with Gasteiger partial charge < -0.3 is 10.6 Å². The summed E-state index contributed by atoms with van der Waals surface area (Å²) in [5.74, 6) is 0.294. The number of carbonyl (C=O) groups excluding carboxylic acids is 1. The van der Waals surface area contributed by atoms with E-state index in [9.17, 15) is 9.59 Å². The zero-order chi connectivity index (χ0) is 26.6.